The van der Waals surface area contributed by atoms with Crippen LogP contribution < -0.4 is 10.0 Å². The maximum atomic E-state index is 12.4. The summed E-state index contributed by atoms with van der Waals surface area (Å²) in [5.74, 6) is -0.279. The van der Waals surface area contributed by atoms with Gasteiger partial charge in [0.25, 0.3) is 10.0 Å². The molecule has 0 atom stereocenters. The number of anilines is 2. The predicted octanol–water partition coefficient (Wildman–Crippen LogP) is 3.57. The summed E-state index contributed by atoms with van der Waals surface area (Å²) in [6.07, 6.45) is 1.56. The minimum Gasteiger partial charge on any atom is -0.356 e. The molecule has 0 unspecified atom stereocenters. The van der Waals surface area contributed by atoms with Gasteiger partial charge in [-0.1, -0.05) is 16.8 Å². The van der Waals surface area contributed by atoms with E-state index < -0.39 is 10.0 Å². The molecule has 0 saturated heterocycles. The van der Waals surface area contributed by atoms with Crippen molar-refractivity contribution >= 4 is 49.1 Å². The fourth-order valence-corrected chi connectivity index (χ4v) is 4.54. The molecule has 0 aliphatic carbocycles. The average Bonchev–Trinajstić information content (AvgIpc) is 3.32. The van der Waals surface area contributed by atoms with Crippen molar-refractivity contribution in [2.24, 2.45) is 0 Å². The summed E-state index contributed by atoms with van der Waals surface area (Å²) in [6.45, 7) is 1.95. The van der Waals surface area contributed by atoms with Crippen LogP contribution in [0.15, 0.2) is 63.5 Å². The molecule has 1 amide bonds. The van der Waals surface area contributed by atoms with Crippen LogP contribution in [-0.2, 0) is 21.2 Å². The highest BCUT2D eigenvalue weighted by atomic mass is 32.2. The zero-order valence-electron chi connectivity index (χ0n) is 15.2. The van der Waals surface area contributed by atoms with E-state index in [0.29, 0.717) is 17.0 Å². The van der Waals surface area contributed by atoms with Gasteiger partial charge in [0.2, 0.25) is 5.91 Å². The van der Waals surface area contributed by atoms with E-state index in [9.17, 15) is 13.2 Å². The van der Waals surface area contributed by atoms with E-state index in [2.05, 4.69) is 20.2 Å². The summed E-state index contributed by atoms with van der Waals surface area (Å²) in [7, 11) is -3.74. The van der Waals surface area contributed by atoms with Gasteiger partial charge < -0.3 is 9.84 Å². The molecule has 10 heteroatoms. The number of carbonyl (C=O) groups is 1. The van der Waals surface area contributed by atoms with Crippen molar-refractivity contribution in [2.45, 2.75) is 18.2 Å². The van der Waals surface area contributed by atoms with Crippen LogP contribution in [0.1, 0.15) is 11.3 Å². The van der Waals surface area contributed by atoms with E-state index in [0.717, 1.165) is 10.9 Å². The molecule has 0 saturated carbocycles. The molecule has 0 bridgehead atoms. The summed E-state index contributed by atoms with van der Waals surface area (Å²) in [6, 6.07) is 11.5. The smallest absolute Gasteiger partial charge is 0.263 e. The number of carbonyl (C=O) groups excluding carboxylic acids is 1. The van der Waals surface area contributed by atoms with Gasteiger partial charge in [-0.05, 0) is 43.3 Å². The maximum absolute atomic E-state index is 12.4. The Labute approximate surface area is 170 Å². The molecule has 0 spiro atoms. The first-order valence-corrected chi connectivity index (χ1v) is 10.9. The van der Waals surface area contributed by atoms with Crippen molar-refractivity contribution in [3.63, 3.8) is 0 Å². The Hall–Kier alpha value is -3.24. The van der Waals surface area contributed by atoms with E-state index >= 15 is 0 Å². The first-order valence-electron chi connectivity index (χ1n) is 8.58. The van der Waals surface area contributed by atoms with E-state index in [1.807, 2.05) is 25.1 Å². The highest BCUT2D eigenvalue weighted by molar-refractivity contribution is 7.93. The monoisotopic (exact) mass is 428 g/mol. The third-order valence-electron chi connectivity index (χ3n) is 4.13. The molecule has 29 heavy (non-hydrogen) atoms. The summed E-state index contributed by atoms with van der Waals surface area (Å²) < 4.78 is 32.3. The van der Waals surface area contributed by atoms with Crippen molar-refractivity contribution in [1.29, 1.82) is 0 Å². The number of hydrogen-bond donors (Lipinski definition) is 2. The van der Waals surface area contributed by atoms with Crippen molar-refractivity contribution in [2.75, 3.05) is 10.0 Å². The molecule has 2 N–H and O–H groups in total. The van der Waals surface area contributed by atoms with Gasteiger partial charge in [0, 0.05) is 22.7 Å². The van der Waals surface area contributed by atoms with Crippen molar-refractivity contribution in [3.8, 4) is 0 Å². The lowest BCUT2D eigenvalue weighted by Crippen LogP contribution is -2.15. The molecule has 8 nitrogen and oxygen atoms in total. The first-order chi connectivity index (χ1) is 13.9. The van der Waals surface area contributed by atoms with Gasteiger partial charge in [-0.2, -0.15) is 0 Å². The quantitative estimate of drug-likeness (QED) is 0.485. The van der Waals surface area contributed by atoms with Crippen molar-refractivity contribution in [3.05, 3.63) is 65.3 Å². The van der Waals surface area contributed by atoms with E-state index in [1.165, 1.54) is 41.8 Å². The molecule has 2 aromatic heterocycles. The molecule has 2 aromatic carbocycles. The number of rotatable bonds is 6. The molecule has 148 valence electrons. The largest absolute Gasteiger partial charge is 0.356 e. The summed E-state index contributed by atoms with van der Waals surface area (Å²) in [5, 5.41) is 9.48. The number of sulfonamides is 1. The summed E-state index contributed by atoms with van der Waals surface area (Å²) >= 11 is 1.19. The lowest BCUT2D eigenvalue weighted by Gasteiger charge is -2.07. The highest BCUT2D eigenvalue weighted by Crippen LogP contribution is 2.22. The van der Waals surface area contributed by atoms with Gasteiger partial charge >= 0.3 is 0 Å². The van der Waals surface area contributed by atoms with Crippen LogP contribution in [0.2, 0.25) is 0 Å². The molecule has 2 heterocycles. The molecule has 0 radical (unpaired) electrons. The van der Waals surface area contributed by atoms with E-state index in [4.69, 9.17) is 4.52 Å². The standard InChI is InChI=1S/C19H16N4O4S2/c1-12-2-7-17-15(10-12)16(22-27-17)11-18(24)21-13-3-5-14(6-4-13)29(25,26)23-19-20-8-9-28-19/h2-10H,11H2,1H3,(H,20,23)(H,21,24). The number of nitrogens with one attached hydrogen (secondary N) is 2. The van der Waals surface area contributed by atoms with Crippen LogP contribution in [0.4, 0.5) is 10.8 Å². The minimum atomic E-state index is -3.74. The minimum absolute atomic E-state index is 0.0438. The third kappa shape index (κ3) is 4.28. The molecule has 4 rings (SSSR count). The van der Waals surface area contributed by atoms with Crippen LogP contribution in [0, 0.1) is 6.92 Å². The van der Waals surface area contributed by atoms with E-state index in [1.54, 1.807) is 5.38 Å². The zero-order chi connectivity index (χ0) is 20.4. The SMILES string of the molecule is Cc1ccc2onc(CC(=O)Nc3ccc(S(=O)(=O)Nc4nccs4)cc3)c2c1. The van der Waals surface area contributed by atoms with Gasteiger partial charge in [0.15, 0.2) is 10.7 Å². The average molecular weight is 428 g/mol. The number of nitrogens with zero attached hydrogens (tertiary/aromatic N) is 2. The lowest BCUT2D eigenvalue weighted by molar-refractivity contribution is -0.115. The summed E-state index contributed by atoms with van der Waals surface area (Å²) in [5.41, 5.74) is 2.70. The van der Waals surface area contributed by atoms with Crippen LogP contribution in [0.3, 0.4) is 0 Å². The molecular weight excluding hydrogens is 412 g/mol. The molecule has 0 aliphatic heterocycles. The maximum Gasteiger partial charge on any atom is 0.263 e. The second-order valence-corrected chi connectivity index (χ2v) is 8.90. The van der Waals surface area contributed by atoms with Gasteiger partial charge in [-0.25, -0.2) is 13.4 Å². The fraction of sp³-hybridized carbons (Fsp3) is 0.105. The first kappa shape index (κ1) is 19.1. The van der Waals surface area contributed by atoms with Gasteiger partial charge in [-0.15, -0.1) is 11.3 Å². The molecule has 0 aliphatic rings. The number of aryl methyl sites for hydroxylation is 1. The van der Waals surface area contributed by atoms with Crippen molar-refractivity contribution < 1.29 is 17.7 Å². The topological polar surface area (TPSA) is 114 Å². The van der Waals surface area contributed by atoms with Gasteiger partial charge in [0.1, 0.15) is 5.69 Å². The van der Waals surface area contributed by atoms with Crippen LogP contribution in [-0.4, -0.2) is 24.5 Å². The second-order valence-electron chi connectivity index (χ2n) is 6.32. The van der Waals surface area contributed by atoms with Gasteiger partial charge in [-0.3, -0.25) is 9.52 Å². The van der Waals surface area contributed by atoms with Crippen LogP contribution >= 0.6 is 11.3 Å². The molecular formula is C19H16N4O4S2. The third-order valence-corrected chi connectivity index (χ3v) is 6.30. The Morgan fingerprint density at radius 1 is 1.17 bits per heavy atom. The predicted molar refractivity (Wildman–Crippen MR) is 110 cm³/mol. The number of fused-ring (bicyclic) bond motifs is 1. The Bertz CT molecular complexity index is 1260. The molecule has 4 aromatic rings. The Morgan fingerprint density at radius 3 is 2.69 bits per heavy atom. The fourth-order valence-electron chi connectivity index (χ4n) is 2.75. The Morgan fingerprint density at radius 2 is 1.97 bits per heavy atom. The number of benzene rings is 2. The Kier molecular flexibility index (Phi) is 5.03. The Balaban J connectivity index is 1.44. The van der Waals surface area contributed by atoms with Gasteiger partial charge in [0.05, 0.1) is 11.3 Å². The highest BCUT2D eigenvalue weighted by Gasteiger charge is 2.16. The van der Waals surface area contributed by atoms with E-state index in [-0.39, 0.29) is 22.4 Å². The second kappa shape index (κ2) is 7.64. The zero-order valence-corrected chi connectivity index (χ0v) is 16.9. The molecule has 0 fully saturated rings. The number of hydrogen-bond acceptors (Lipinski definition) is 7. The van der Waals surface area contributed by atoms with Crippen molar-refractivity contribution in [1.82, 2.24) is 10.1 Å². The normalized spacial score (nSPS) is 11.5. The summed E-state index contributed by atoms with van der Waals surface area (Å²) in [4.78, 5) is 16.3. The van der Waals surface area contributed by atoms with Crippen LogP contribution in [0.25, 0.3) is 11.0 Å². The number of thiazole rings is 1. The number of amides is 1. The number of aromatic nitrogens is 2. The lowest BCUT2D eigenvalue weighted by atomic mass is 10.1. The van der Waals surface area contributed by atoms with Crippen LogP contribution in [0.5, 0.6) is 0 Å².